The van der Waals surface area contributed by atoms with Crippen LogP contribution < -0.4 is 5.73 Å². The van der Waals surface area contributed by atoms with Gasteiger partial charge in [0, 0.05) is 0 Å². The molecule has 0 bridgehead atoms. The van der Waals surface area contributed by atoms with Gasteiger partial charge in [-0.3, -0.25) is 0 Å². The van der Waals surface area contributed by atoms with Gasteiger partial charge in [-0.05, 0) is 13.8 Å². The highest BCUT2D eigenvalue weighted by Crippen LogP contribution is 2.39. The fourth-order valence-corrected chi connectivity index (χ4v) is 0.712. The van der Waals surface area contributed by atoms with E-state index in [-0.39, 0.29) is 12.4 Å². The van der Waals surface area contributed by atoms with Crippen molar-refractivity contribution in [1.29, 1.82) is 0 Å². The molecule has 14 heavy (non-hydrogen) atoms. The molecule has 80 valence electrons. The van der Waals surface area contributed by atoms with Crippen molar-refractivity contribution in [1.82, 2.24) is 10.1 Å². The van der Waals surface area contributed by atoms with Crippen molar-refractivity contribution in [3.8, 4) is 0 Å². The number of halogens is 3. The van der Waals surface area contributed by atoms with Crippen LogP contribution in [0.2, 0.25) is 0 Å². The van der Waals surface area contributed by atoms with E-state index in [0.717, 1.165) is 13.8 Å². The third kappa shape index (κ3) is 1.72. The van der Waals surface area contributed by atoms with Crippen LogP contribution in [0.1, 0.15) is 25.6 Å². The topological polar surface area (TPSA) is 64.9 Å². The first-order chi connectivity index (χ1) is 6.29. The lowest BCUT2D eigenvalue weighted by atomic mass is 9.93. The SMILES string of the molecule is CC(C)(c1nc(CN)no1)C(F)(F)F. The molecule has 0 radical (unpaired) electrons. The summed E-state index contributed by atoms with van der Waals surface area (Å²) in [5.74, 6) is -0.400. The molecule has 7 heteroatoms. The Kier molecular flexibility index (Phi) is 2.53. The Labute approximate surface area is 78.3 Å². The lowest BCUT2D eigenvalue weighted by Crippen LogP contribution is -2.36. The molecule has 0 aromatic carbocycles. The maximum Gasteiger partial charge on any atom is 0.402 e. The van der Waals surface area contributed by atoms with Crippen molar-refractivity contribution >= 4 is 0 Å². The van der Waals surface area contributed by atoms with E-state index in [4.69, 9.17) is 5.73 Å². The number of nitrogens with zero attached hydrogens (tertiary/aromatic N) is 2. The second-order valence-corrected chi connectivity index (χ2v) is 3.34. The van der Waals surface area contributed by atoms with E-state index >= 15 is 0 Å². The number of nitrogens with two attached hydrogens (primary N) is 1. The molecule has 0 amide bonds. The van der Waals surface area contributed by atoms with Crippen LogP contribution in [-0.4, -0.2) is 16.3 Å². The van der Waals surface area contributed by atoms with Crippen LogP contribution in [-0.2, 0) is 12.0 Å². The largest absolute Gasteiger partial charge is 0.402 e. The third-order valence-corrected chi connectivity index (χ3v) is 1.89. The van der Waals surface area contributed by atoms with Gasteiger partial charge < -0.3 is 10.3 Å². The molecule has 1 aromatic rings. The van der Waals surface area contributed by atoms with Gasteiger partial charge in [-0.1, -0.05) is 5.16 Å². The zero-order valence-electron chi connectivity index (χ0n) is 7.72. The fraction of sp³-hybridized carbons (Fsp3) is 0.714. The molecular weight excluding hydrogens is 199 g/mol. The minimum atomic E-state index is -4.43. The molecule has 4 nitrogen and oxygen atoms in total. The molecule has 0 aliphatic rings. The van der Waals surface area contributed by atoms with E-state index in [1.54, 1.807) is 0 Å². The predicted molar refractivity (Wildman–Crippen MR) is 41.3 cm³/mol. The Bertz CT molecular complexity index is 318. The monoisotopic (exact) mass is 209 g/mol. The van der Waals surface area contributed by atoms with Gasteiger partial charge in [0.15, 0.2) is 5.82 Å². The summed E-state index contributed by atoms with van der Waals surface area (Å²) in [5, 5.41) is 3.30. The van der Waals surface area contributed by atoms with Gasteiger partial charge in [0.25, 0.3) is 0 Å². The quantitative estimate of drug-likeness (QED) is 0.798. The standard InChI is InChI=1S/C7H10F3N3O/c1-6(2,7(8,9)10)5-12-4(3-11)13-14-5/h3,11H2,1-2H3. The Morgan fingerprint density at radius 1 is 1.36 bits per heavy atom. The summed E-state index contributed by atoms with van der Waals surface area (Å²) in [6.07, 6.45) is -4.43. The van der Waals surface area contributed by atoms with Gasteiger partial charge in [0.2, 0.25) is 5.89 Å². The van der Waals surface area contributed by atoms with E-state index in [1.807, 2.05) is 0 Å². The minimum absolute atomic E-state index is 0.0442. The summed E-state index contributed by atoms with van der Waals surface area (Å²) in [6, 6.07) is 0. The van der Waals surface area contributed by atoms with E-state index < -0.39 is 17.5 Å². The van der Waals surface area contributed by atoms with Gasteiger partial charge in [0.05, 0.1) is 6.54 Å². The normalized spacial score (nSPS) is 13.3. The number of rotatable bonds is 2. The Balaban J connectivity index is 3.04. The summed E-state index contributed by atoms with van der Waals surface area (Å²) in [5.41, 5.74) is 3.00. The van der Waals surface area contributed by atoms with Crippen LogP contribution in [0, 0.1) is 0 Å². The Morgan fingerprint density at radius 3 is 2.29 bits per heavy atom. The maximum atomic E-state index is 12.5. The summed E-state index contributed by atoms with van der Waals surface area (Å²) in [4.78, 5) is 3.54. The maximum absolute atomic E-state index is 12.5. The highest BCUT2D eigenvalue weighted by Gasteiger charge is 2.52. The van der Waals surface area contributed by atoms with Crippen LogP contribution in [0.5, 0.6) is 0 Å². The third-order valence-electron chi connectivity index (χ3n) is 1.89. The number of aromatic nitrogens is 2. The number of hydrogen-bond donors (Lipinski definition) is 1. The Morgan fingerprint density at radius 2 is 1.93 bits per heavy atom. The van der Waals surface area contributed by atoms with E-state index in [0.29, 0.717) is 0 Å². The van der Waals surface area contributed by atoms with E-state index in [1.165, 1.54) is 0 Å². The van der Waals surface area contributed by atoms with Crippen molar-refractivity contribution < 1.29 is 17.7 Å². The van der Waals surface area contributed by atoms with Gasteiger partial charge in [-0.2, -0.15) is 18.2 Å². The summed E-state index contributed by atoms with van der Waals surface area (Å²) < 4.78 is 41.9. The zero-order valence-corrected chi connectivity index (χ0v) is 7.72. The van der Waals surface area contributed by atoms with E-state index in [2.05, 4.69) is 14.7 Å². The van der Waals surface area contributed by atoms with E-state index in [9.17, 15) is 13.2 Å². The molecule has 0 atom stereocenters. The van der Waals surface area contributed by atoms with Crippen LogP contribution in [0.15, 0.2) is 4.52 Å². The fourth-order valence-electron chi connectivity index (χ4n) is 0.712. The lowest BCUT2D eigenvalue weighted by Gasteiger charge is -2.22. The molecule has 0 saturated heterocycles. The van der Waals surface area contributed by atoms with Crippen LogP contribution in [0.25, 0.3) is 0 Å². The van der Waals surface area contributed by atoms with Crippen LogP contribution in [0.3, 0.4) is 0 Å². The minimum Gasteiger partial charge on any atom is -0.338 e. The molecule has 0 aliphatic heterocycles. The first-order valence-corrected chi connectivity index (χ1v) is 3.89. The van der Waals surface area contributed by atoms with Crippen LogP contribution >= 0.6 is 0 Å². The van der Waals surface area contributed by atoms with Gasteiger partial charge >= 0.3 is 6.18 Å². The van der Waals surface area contributed by atoms with Crippen molar-refractivity contribution in [3.05, 3.63) is 11.7 Å². The Hall–Kier alpha value is -1.11. The molecule has 0 unspecified atom stereocenters. The summed E-state index contributed by atoms with van der Waals surface area (Å²) >= 11 is 0. The van der Waals surface area contributed by atoms with Crippen molar-refractivity contribution in [2.45, 2.75) is 32.0 Å². The van der Waals surface area contributed by atoms with Gasteiger partial charge in [-0.25, -0.2) is 0 Å². The van der Waals surface area contributed by atoms with Gasteiger partial charge in [0.1, 0.15) is 5.41 Å². The predicted octanol–water partition coefficient (Wildman–Crippen LogP) is 1.37. The number of hydrogen-bond acceptors (Lipinski definition) is 4. The summed E-state index contributed by atoms with van der Waals surface area (Å²) in [7, 11) is 0. The molecule has 0 saturated carbocycles. The molecule has 0 fully saturated rings. The molecule has 1 heterocycles. The molecular formula is C7H10F3N3O. The smallest absolute Gasteiger partial charge is 0.338 e. The highest BCUT2D eigenvalue weighted by atomic mass is 19.4. The molecule has 0 spiro atoms. The highest BCUT2D eigenvalue weighted by molar-refractivity contribution is 5.04. The average Bonchev–Trinajstić information content (AvgIpc) is 2.49. The van der Waals surface area contributed by atoms with Gasteiger partial charge in [-0.15, -0.1) is 0 Å². The van der Waals surface area contributed by atoms with Crippen LogP contribution in [0.4, 0.5) is 13.2 Å². The van der Waals surface area contributed by atoms with Crippen molar-refractivity contribution in [2.75, 3.05) is 0 Å². The van der Waals surface area contributed by atoms with Crippen molar-refractivity contribution in [3.63, 3.8) is 0 Å². The molecule has 1 rings (SSSR count). The molecule has 1 aromatic heterocycles. The average molecular weight is 209 g/mol. The first kappa shape index (κ1) is 11.0. The second-order valence-electron chi connectivity index (χ2n) is 3.34. The summed E-state index contributed by atoms with van der Waals surface area (Å²) in [6.45, 7) is 1.90. The first-order valence-electron chi connectivity index (χ1n) is 3.89. The lowest BCUT2D eigenvalue weighted by molar-refractivity contribution is -0.186. The molecule has 0 aliphatic carbocycles. The molecule has 2 N–H and O–H groups in total. The number of alkyl halides is 3. The van der Waals surface area contributed by atoms with Crippen molar-refractivity contribution in [2.24, 2.45) is 5.73 Å². The second kappa shape index (κ2) is 3.23. The zero-order chi connectivity index (χ0) is 11.0.